The summed E-state index contributed by atoms with van der Waals surface area (Å²) in [6, 6.07) is 8.15. The van der Waals surface area contributed by atoms with Gasteiger partial charge in [-0.2, -0.15) is 0 Å². The third-order valence-corrected chi connectivity index (χ3v) is 5.69. The fraction of sp³-hybridized carbons (Fsp3) is 0.316. The molecule has 1 atom stereocenters. The number of carbonyl (C=O) groups is 1. The van der Waals surface area contributed by atoms with E-state index in [4.69, 9.17) is 11.6 Å². The monoisotopic (exact) mass is 412 g/mol. The molecule has 1 amide bonds. The largest absolute Gasteiger partial charge is 0.324 e. The van der Waals surface area contributed by atoms with E-state index in [0.717, 1.165) is 27.8 Å². The van der Waals surface area contributed by atoms with Gasteiger partial charge in [0.15, 0.2) is 0 Å². The topological polar surface area (TPSA) is 66.5 Å². The summed E-state index contributed by atoms with van der Waals surface area (Å²) in [5, 5.41) is 2.61. The third kappa shape index (κ3) is 4.78. The molecule has 0 bridgehead atoms. The Balaban J connectivity index is 2.46. The third-order valence-electron chi connectivity index (χ3n) is 4.22. The molecule has 5 nitrogen and oxygen atoms in total. The Morgan fingerprint density at radius 3 is 2.30 bits per heavy atom. The number of nitrogens with one attached hydrogen (secondary N) is 1. The molecule has 146 valence electrons. The highest BCUT2D eigenvalue weighted by Crippen LogP contribution is 2.28. The lowest BCUT2D eigenvalue weighted by atomic mass is 10.1. The Bertz CT molecular complexity index is 943. The van der Waals surface area contributed by atoms with Gasteiger partial charge in [0.2, 0.25) is 15.9 Å². The second-order valence-electron chi connectivity index (χ2n) is 6.34. The molecule has 1 N–H and O–H groups in total. The number of rotatable bonds is 6. The van der Waals surface area contributed by atoms with Gasteiger partial charge < -0.3 is 5.32 Å². The quantitative estimate of drug-likeness (QED) is 0.770. The molecule has 0 saturated heterocycles. The number of sulfonamides is 1. The zero-order valence-electron chi connectivity index (χ0n) is 15.6. The minimum atomic E-state index is -3.83. The highest BCUT2D eigenvalue weighted by atomic mass is 35.5. The number of carbonyl (C=O) groups excluding carboxylic acids is 1. The molecule has 0 spiro atoms. The first-order valence-electron chi connectivity index (χ1n) is 8.37. The van der Waals surface area contributed by atoms with Crippen molar-refractivity contribution in [2.45, 2.75) is 33.2 Å². The molecule has 0 radical (unpaired) electrons. The number of aryl methyl sites for hydroxylation is 2. The lowest BCUT2D eigenvalue weighted by molar-refractivity contribution is -0.117. The van der Waals surface area contributed by atoms with Gasteiger partial charge in [-0.1, -0.05) is 36.7 Å². The van der Waals surface area contributed by atoms with Crippen molar-refractivity contribution in [3.8, 4) is 0 Å². The molecule has 0 aliphatic rings. The van der Waals surface area contributed by atoms with E-state index in [2.05, 4.69) is 5.32 Å². The Hall–Kier alpha value is -2.12. The van der Waals surface area contributed by atoms with E-state index < -0.39 is 27.8 Å². The van der Waals surface area contributed by atoms with Crippen LogP contribution in [0.3, 0.4) is 0 Å². The maximum absolute atomic E-state index is 13.5. The molecule has 27 heavy (non-hydrogen) atoms. The number of hydrogen-bond acceptors (Lipinski definition) is 3. The van der Waals surface area contributed by atoms with Gasteiger partial charge >= 0.3 is 0 Å². The molecule has 0 aliphatic carbocycles. The van der Waals surface area contributed by atoms with Crippen molar-refractivity contribution in [2.75, 3.05) is 15.9 Å². The van der Waals surface area contributed by atoms with Crippen LogP contribution in [0.15, 0.2) is 36.4 Å². The van der Waals surface area contributed by atoms with E-state index in [1.807, 2.05) is 32.0 Å². The molecular formula is C19H22ClFN2O3S. The van der Waals surface area contributed by atoms with Crippen molar-refractivity contribution in [2.24, 2.45) is 0 Å². The highest BCUT2D eigenvalue weighted by Gasteiger charge is 2.32. The lowest BCUT2D eigenvalue weighted by Gasteiger charge is -2.30. The molecule has 0 heterocycles. The summed E-state index contributed by atoms with van der Waals surface area (Å²) in [4.78, 5) is 12.9. The minimum Gasteiger partial charge on any atom is -0.324 e. The van der Waals surface area contributed by atoms with E-state index in [1.165, 1.54) is 12.1 Å². The first kappa shape index (κ1) is 21.2. The number of nitrogens with zero attached hydrogens (tertiary/aromatic N) is 1. The Labute approximate surface area is 164 Å². The molecular weight excluding hydrogens is 391 g/mol. The van der Waals surface area contributed by atoms with Crippen molar-refractivity contribution in [1.29, 1.82) is 0 Å². The standard InChI is InChI=1S/C19H22ClFN2O3S/c1-5-17(19(24)22-18-12(2)7-6-8-13(18)3)23(27(4,25)26)14-9-10-16(21)15(20)11-14/h6-11,17H,5H2,1-4H3,(H,22,24). The first-order chi connectivity index (χ1) is 12.6. The van der Waals surface area contributed by atoms with E-state index in [1.54, 1.807) is 6.92 Å². The molecule has 0 aromatic heterocycles. The van der Waals surface area contributed by atoms with Gasteiger partial charge in [-0.25, -0.2) is 12.8 Å². The SMILES string of the molecule is CCC(C(=O)Nc1c(C)cccc1C)N(c1ccc(F)c(Cl)c1)S(C)(=O)=O. The van der Waals surface area contributed by atoms with Gasteiger partial charge in [-0.15, -0.1) is 0 Å². The van der Waals surface area contributed by atoms with Gasteiger partial charge in [0.25, 0.3) is 0 Å². The maximum atomic E-state index is 13.5. The molecule has 2 aromatic carbocycles. The molecule has 0 fully saturated rings. The van der Waals surface area contributed by atoms with Crippen LogP contribution >= 0.6 is 11.6 Å². The molecule has 8 heteroatoms. The number of benzene rings is 2. The average Bonchev–Trinajstić information content (AvgIpc) is 2.57. The normalized spacial score (nSPS) is 12.5. The predicted molar refractivity (Wildman–Crippen MR) is 107 cm³/mol. The summed E-state index contributed by atoms with van der Waals surface area (Å²) in [5.41, 5.74) is 2.52. The zero-order chi connectivity index (χ0) is 20.4. The van der Waals surface area contributed by atoms with Crippen LogP contribution in [0, 0.1) is 19.7 Å². The molecule has 0 saturated carbocycles. The predicted octanol–water partition coefficient (Wildman–Crippen LogP) is 4.28. The summed E-state index contributed by atoms with van der Waals surface area (Å²) in [5.74, 6) is -1.14. The molecule has 1 unspecified atom stereocenters. The van der Waals surface area contributed by atoms with Crippen molar-refractivity contribution in [3.05, 3.63) is 58.4 Å². The molecule has 2 rings (SSSR count). The van der Waals surface area contributed by atoms with Crippen LogP contribution in [0.4, 0.5) is 15.8 Å². The van der Waals surface area contributed by atoms with Crippen molar-refractivity contribution < 1.29 is 17.6 Å². The summed E-state index contributed by atoms with van der Waals surface area (Å²) in [7, 11) is -3.83. The number of anilines is 2. The van der Waals surface area contributed by atoms with Crippen molar-refractivity contribution in [3.63, 3.8) is 0 Å². The Morgan fingerprint density at radius 2 is 1.81 bits per heavy atom. The summed E-state index contributed by atoms with van der Waals surface area (Å²) < 4.78 is 39.3. The summed E-state index contributed by atoms with van der Waals surface area (Å²) in [6.45, 7) is 5.42. The van der Waals surface area contributed by atoms with Crippen LogP contribution in [0.2, 0.25) is 5.02 Å². The van der Waals surface area contributed by atoms with Crippen LogP contribution in [0.5, 0.6) is 0 Å². The fourth-order valence-electron chi connectivity index (χ4n) is 2.90. The van der Waals surface area contributed by atoms with Crippen LogP contribution in [0.25, 0.3) is 0 Å². The minimum absolute atomic E-state index is 0.132. The Morgan fingerprint density at radius 1 is 1.22 bits per heavy atom. The van der Waals surface area contributed by atoms with Gasteiger partial charge in [-0.05, 0) is 49.6 Å². The first-order valence-corrected chi connectivity index (χ1v) is 10.6. The van der Waals surface area contributed by atoms with E-state index in [9.17, 15) is 17.6 Å². The lowest BCUT2D eigenvalue weighted by Crippen LogP contribution is -2.47. The van der Waals surface area contributed by atoms with Crippen molar-refractivity contribution >= 4 is 38.9 Å². The summed E-state index contributed by atoms with van der Waals surface area (Å²) in [6.07, 6.45) is 1.22. The van der Waals surface area contributed by atoms with Crippen LogP contribution in [-0.4, -0.2) is 26.6 Å². The van der Waals surface area contributed by atoms with Crippen molar-refractivity contribution in [1.82, 2.24) is 0 Å². The number of hydrogen-bond donors (Lipinski definition) is 1. The van der Waals surface area contributed by atoms with E-state index in [0.29, 0.717) is 5.69 Å². The van der Waals surface area contributed by atoms with Crippen LogP contribution in [0.1, 0.15) is 24.5 Å². The van der Waals surface area contributed by atoms with E-state index >= 15 is 0 Å². The van der Waals surface area contributed by atoms with Gasteiger partial charge in [0.1, 0.15) is 11.9 Å². The Kier molecular flexibility index (Phi) is 6.49. The number of para-hydroxylation sites is 1. The maximum Gasteiger partial charge on any atom is 0.248 e. The highest BCUT2D eigenvalue weighted by molar-refractivity contribution is 7.92. The second-order valence-corrected chi connectivity index (χ2v) is 8.60. The molecule has 0 aliphatic heterocycles. The smallest absolute Gasteiger partial charge is 0.248 e. The van der Waals surface area contributed by atoms with Gasteiger partial charge in [-0.3, -0.25) is 9.10 Å². The second kappa shape index (κ2) is 8.27. The number of amides is 1. The average molecular weight is 413 g/mol. The van der Waals surface area contributed by atoms with Crippen LogP contribution < -0.4 is 9.62 Å². The van der Waals surface area contributed by atoms with Gasteiger partial charge in [0, 0.05) is 5.69 Å². The van der Waals surface area contributed by atoms with Crippen LogP contribution in [-0.2, 0) is 14.8 Å². The van der Waals surface area contributed by atoms with Gasteiger partial charge in [0.05, 0.1) is 17.0 Å². The molecule has 2 aromatic rings. The van der Waals surface area contributed by atoms with E-state index in [-0.39, 0.29) is 17.1 Å². The zero-order valence-corrected chi connectivity index (χ0v) is 17.2. The fourth-order valence-corrected chi connectivity index (χ4v) is 4.28. The summed E-state index contributed by atoms with van der Waals surface area (Å²) >= 11 is 5.81. The number of halogens is 2.